The summed E-state index contributed by atoms with van der Waals surface area (Å²) in [5.74, 6) is 1.81. The van der Waals surface area contributed by atoms with Gasteiger partial charge < -0.3 is 10.2 Å². The summed E-state index contributed by atoms with van der Waals surface area (Å²) in [5, 5.41) is 3.38. The summed E-state index contributed by atoms with van der Waals surface area (Å²) in [6.45, 7) is 3.53. The minimum Gasteiger partial charge on any atom is -0.370 e. The number of rotatable bonds is 4. The number of nitrogens with one attached hydrogen (secondary N) is 1. The number of likely N-dealkylation sites (tertiary alicyclic amines) is 1. The van der Waals surface area contributed by atoms with Crippen LogP contribution in [0.15, 0.2) is 22.8 Å². The van der Waals surface area contributed by atoms with Gasteiger partial charge in [0.2, 0.25) is 0 Å². The summed E-state index contributed by atoms with van der Waals surface area (Å²) in [4.78, 5) is 6.74. The molecule has 1 aromatic heterocycles. The first-order chi connectivity index (χ1) is 8.24. The molecule has 0 spiro atoms. The average Bonchev–Trinajstić information content (AvgIpc) is 2.32. The van der Waals surface area contributed by atoms with E-state index >= 15 is 0 Å². The van der Waals surface area contributed by atoms with Gasteiger partial charge in [-0.1, -0.05) is 0 Å². The molecule has 1 aliphatic rings. The topological polar surface area (TPSA) is 28.2 Å². The molecule has 94 valence electrons. The predicted molar refractivity (Wildman–Crippen MR) is 75.3 cm³/mol. The number of piperidine rings is 1. The molecule has 1 atom stereocenters. The van der Waals surface area contributed by atoms with Gasteiger partial charge in [0.1, 0.15) is 5.82 Å². The van der Waals surface area contributed by atoms with E-state index in [9.17, 15) is 0 Å². The second-order valence-electron chi connectivity index (χ2n) is 4.85. The number of hydrogen-bond donors (Lipinski definition) is 1. The maximum absolute atomic E-state index is 4.31. The number of anilines is 1. The molecule has 0 amide bonds. The minimum atomic E-state index is 0.844. The van der Waals surface area contributed by atoms with Gasteiger partial charge in [-0.25, -0.2) is 4.98 Å². The third-order valence-corrected chi connectivity index (χ3v) is 3.78. The van der Waals surface area contributed by atoms with Gasteiger partial charge in [0, 0.05) is 23.8 Å². The van der Waals surface area contributed by atoms with Crippen LogP contribution in [0.2, 0.25) is 0 Å². The first kappa shape index (κ1) is 12.8. The maximum atomic E-state index is 4.31. The number of nitrogens with zero attached hydrogens (tertiary/aromatic N) is 2. The van der Waals surface area contributed by atoms with E-state index < -0.39 is 0 Å². The highest BCUT2D eigenvalue weighted by Crippen LogP contribution is 2.18. The molecule has 1 fully saturated rings. The molecule has 0 aliphatic carbocycles. The molecule has 1 aliphatic heterocycles. The fourth-order valence-electron chi connectivity index (χ4n) is 2.39. The molecule has 0 bridgehead atoms. The molecular formula is C13H20BrN3. The van der Waals surface area contributed by atoms with E-state index in [2.05, 4.69) is 38.2 Å². The van der Waals surface area contributed by atoms with E-state index in [1.165, 1.54) is 32.4 Å². The Morgan fingerprint density at radius 1 is 1.53 bits per heavy atom. The van der Waals surface area contributed by atoms with Gasteiger partial charge in [-0.15, -0.1) is 0 Å². The number of halogens is 1. The van der Waals surface area contributed by atoms with Crippen molar-refractivity contribution in [1.82, 2.24) is 9.88 Å². The Morgan fingerprint density at radius 2 is 2.41 bits per heavy atom. The van der Waals surface area contributed by atoms with Gasteiger partial charge in [0.05, 0.1) is 0 Å². The van der Waals surface area contributed by atoms with Crippen LogP contribution in [0.5, 0.6) is 0 Å². The van der Waals surface area contributed by atoms with Crippen molar-refractivity contribution in [2.75, 3.05) is 32.0 Å². The standard InChI is InChI=1S/C13H20BrN3/c1-17-8-2-3-11(10-17)6-7-15-13-5-4-12(14)9-16-13/h4-5,9,11H,2-3,6-8,10H2,1H3,(H,15,16). The highest BCUT2D eigenvalue weighted by molar-refractivity contribution is 9.10. The number of pyridine rings is 1. The summed E-state index contributed by atoms with van der Waals surface area (Å²) in [6.07, 6.45) is 5.79. The van der Waals surface area contributed by atoms with Crippen LogP contribution in [0, 0.1) is 5.92 Å². The molecular weight excluding hydrogens is 278 g/mol. The lowest BCUT2D eigenvalue weighted by molar-refractivity contribution is 0.205. The minimum absolute atomic E-state index is 0.844. The van der Waals surface area contributed by atoms with Gasteiger partial charge in [0.25, 0.3) is 0 Å². The van der Waals surface area contributed by atoms with Crippen LogP contribution in [-0.2, 0) is 0 Å². The first-order valence-corrected chi connectivity index (χ1v) is 7.07. The zero-order valence-electron chi connectivity index (χ0n) is 10.3. The van der Waals surface area contributed by atoms with Crippen molar-refractivity contribution >= 4 is 21.7 Å². The number of aromatic nitrogens is 1. The SMILES string of the molecule is CN1CCCC(CCNc2ccc(Br)cn2)C1. The predicted octanol–water partition coefficient (Wildman–Crippen LogP) is 2.99. The Morgan fingerprint density at radius 3 is 3.12 bits per heavy atom. The van der Waals surface area contributed by atoms with Crippen LogP contribution in [0.4, 0.5) is 5.82 Å². The molecule has 1 aromatic rings. The second kappa shape index (κ2) is 6.36. The van der Waals surface area contributed by atoms with E-state index in [1.54, 1.807) is 0 Å². The maximum Gasteiger partial charge on any atom is 0.125 e. The van der Waals surface area contributed by atoms with Crippen molar-refractivity contribution in [2.45, 2.75) is 19.3 Å². The van der Waals surface area contributed by atoms with Crippen molar-refractivity contribution < 1.29 is 0 Å². The van der Waals surface area contributed by atoms with E-state index in [4.69, 9.17) is 0 Å². The first-order valence-electron chi connectivity index (χ1n) is 6.28. The van der Waals surface area contributed by atoms with Crippen LogP contribution in [-0.4, -0.2) is 36.6 Å². The zero-order chi connectivity index (χ0) is 12.1. The van der Waals surface area contributed by atoms with Crippen molar-refractivity contribution in [1.29, 1.82) is 0 Å². The summed E-state index contributed by atoms with van der Waals surface area (Å²) in [5.41, 5.74) is 0. The molecule has 1 saturated heterocycles. The quantitative estimate of drug-likeness (QED) is 0.926. The fourth-order valence-corrected chi connectivity index (χ4v) is 2.63. The van der Waals surface area contributed by atoms with Crippen molar-refractivity contribution in [3.05, 3.63) is 22.8 Å². The third kappa shape index (κ3) is 4.28. The summed E-state index contributed by atoms with van der Waals surface area (Å²) in [7, 11) is 2.22. The molecule has 1 unspecified atom stereocenters. The van der Waals surface area contributed by atoms with E-state index in [0.717, 1.165) is 22.8 Å². The van der Waals surface area contributed by atoms with E-state index in [0.29, 0.717) is 0 Å². The molecule has 2 heterocycles. The van der Waals surface area contributed by atoms with Gasteiger partial charge in [0.15, 0.2) is 0 Å². The largest absolute Gasteiger partial charge is 0.370 e. The Bertz CT molecular complexity index is 339. The van der Waals surface area contributed by atoms with Crippen molar-refractivity contribution in [3.8, 4) is 0 Å². The number of hydrogen-bond acceptors (Lipinski definition) is 3. The molecule has 4 heteroatoms. The molecule has 2 rings (SSSR count). The Balaban J connectivity index is 1.70. The second-order valence-corrected chi connectivity index (χ2v) is 5.76. The summed E-state index contributed by atoms with van der Waals surface area (Å²) >= 11 is 3.39. The van der Waals surface area contributed by atoms with Gasteiger partial charge in [-0.3, -0.25) is 0 Å². The molecule has 0 aromatic carbocycles. The Labute approximate surface area is 112 Å². The lowest BCUT2D eigenvalue weighted by atomic mass is 9.95. The summed E-state index contributed by atoms with van der Waals surface area (Å²) in [6, 6.07) is 4.03. The average molecular weight is 298 g/mol. The molecule has 0 saturated carbocycles. The van der Waals surface area contributed by atoms with Gasteiger partial charge >= 0.3 is 0 Å². The van der Waals surface area contributed by atoms with E-state index in [-0.39, 0.29) is 0 Å². The van der Waals surface area contributed by atoms with Crippen LogP contribution in [0.1, 0.15) is 19.3 Å². The van der Waals surface area contributed by atoms with Gasteiger partial charge in [-0.2, -0.15) is 0 Å². The van der Waals surface area contributed by atoms with Crippen LogP contribution >= 0.6 is 15.9 Å². The van der Waals surface area contributed by atoms with Crippen LogP contribution in [0.25, 0.3) is 0 Å². The normalized spacial score (nSPS) is 21.4. The molecule has 1 N–H and O–H groups in total. The lowest BCUT2D eigenvalue weighted by Crippen LogP contribution is -2.32. The van der Waals surface area contributed by atoms with E-state index in [1.807, 2.05) is 18.3 Å². The van der Waals surface area contributed by atoms with Crippen LogP contribution in [0.3, 0.4) is 0 Å². The smallest absolute Gasteiger partial charge is 0.125 e. The zero-order valence-corrected chi connectivity index (χ0v) is 11.9. The van der Waals surface area contributed by atoms with Crippen molar-refractivity contribution in [3.63, 3.8) is 0 Å². The highest BCUT2D eigenvalue weighted by atomic mass is 79.9. The molecule has 0 radical (unpaired) electrons. The Hall–Kier alpha value is -0.610. The third-order valence-electron chi connectivity index (χ3n) is 3.31. The Kier molecular flexibility index (Phi) is 4.80. The fraction of sp³-hybridized carbons (Fsp3) is 0.615. The molecule has 3 nitrogen and oxygen atoms in total. The van der Waals surface area contributed by atoms with Crippen LogP contribution < -0.4 is 5.32 Å². The van der Waals surface area contributed by atoms with Crippen molar-refractivity contribution in [2.24, 2.45) is 5.92 Å². The lowest BCUT2D eigenvalue weighted by Gasteiger charge is -2.29. The highest BCUT2D eigenvalue weighted by Gasteiger charge is 2.16. The summed E-state index contributed by atoms with van der Waals surface area (Å²) < 4.78 is 1.02. The monoisotopic (exact) mass is 297 g/mol. The van der Waals surface area contributed by atoms with Gasteiger partial charge in [-0.05, 0) is 66.8 Å². The molecule has 17 heavy (non-hydrogen) atoms.